The molecule has 0 aromatic carbocycles. The Labute approximate surface area is 117 Å². The van der Waals surface area contributed by atoms with Gasteiger partial charge in [0.15, 0.2) is 0 Å². The molecule has 1 heterocycles. The van der Waals surface area contributed by atoms with Gasteiger partial charge in [0.2, 0.25) is 5.91 Å². The van der Waals surface area contributed by atoms with Crippen LogP contribution in [0.1, 0.15) is 13.8 Å². The number of morpholine rings is 1. The van der Waals surface area contributed by atoms with Crippen LogP contribution in [-0.4, -0.2) is 78.2 Å². The van der Waals surface area contributed by atoms with Crippen LogP contribution in [0.15, 0.2) is 0 Å². The number of likely N-dealkylation sites (N-methyl/N-ethyl adjacent to an activating group) is 1. The van der Waals surface area contributed by atoms with Gasteiger partial charge in [0.1, 0.15) is 12.6 Å². The van der Waals surface area contributed by atoms with E-state index in [1.165, 1.54) is 16.8 Å². The van der Waals surface area contributed by atoms with Gasteiger partial charge in [-0.1, -0.05) is 0 Å². The minimum atomic E-state index is -1.09. The summed E-state index contributed by atoms with van der Waals surface area (Å²) >= 11 is 0. The molecule has 0 saturated carbocycles. The van der Waals surface area contributed by atoms with E-state index in [0.29, 0.717) is 6.61 Å². The number of aliphatic carboxylic acids is 1. The molecule has 0 aromatic heterocycles. The summed E-state index contributed by atoms with van der Waals surface area (Å²) in [6.07, 6.45) is 0. The lowest BCUT2D eigenvalue weighted by Crippen LogP contribution is -2.60. The van der Waals surface area contributed by atoms with Gasteiger partial charge in [0.25, 0.3) is 0 Å². The van der Waals surface area contributed by atoms with Crippen LogP contribution in [-0.2, 0) is 14.3 Å². The Bertz CT molecular complexity index is 385. The van der Waals surface area contributed by atoms with E-state index >= 15 is 0 Å². The highest BCUT2D eigenvalue weighted by Gasteiger charge is 2.35. The molecule has 20 heavy (non-hydrogen) atoms. The van der Waals surface area contributed by atoms with Crippen LogP contribution < -0.4 is 5.32 Å². The lowest BCUT2D eigenvalue weighted by atomic mass is 10.2. The molecule has 1 unspecified atom stereocenters. The number of carbonyl (C=O) groups excluding carboxylic acids is 2. The fourth-order valence-electron chi connectivity index (χ4n) is 2.00. The van der Waals surface area contributed by atoms with Crippen molar-refractivity contribution in [3.8, 4) is 0 Å². The number of nitrogens with zero attached hydrogens (tertiary/aromatic N) is 2. The molecule has 1 atom stereocenters. The quantitative estimate of drug-likeness (QED) is 0.715. The first-order valence-corrected chi connectivity index (χ1v) is 6.46. The van der Waals surface area contributed by atoms with E-state index in [4.69, 9.17) is 9.84 Å². The van der Waals surface area contributed by atoms with Gasteiger partial charge in [-0.05, 0) is 13.8 Å². The van der Waals surface area contributed by atoms with E-state index in [2.05, 4.69) is 5.32 Å². The second-order valence-corrected chi connectivity index (χ2v) is 4.80. The number of amides is 3. The summed E-state index contributed by atoms with van der Waals surface area (Å²) < 4.78 is 5.22. The van der Waals surface area contributed by atoms with Crippen LogP contribution in [0.3, 0.4) is 0 Å². The van der Waals surface area contributed by atoms with Gasteiger partial charge < -0.3 is 25.0 Å². The van der Waals surface area contributed by atoms with Crippen molar-refractivity contribution in [2.45, 2.75) is 25.9 Å². The molecule has 1 saturated heterocycles. The first-order chi connectivity index (χ1) is 9.38. The molecule has 1 rings (SSSR count). The topological polar surface area (TPSA) is 99.2 Å². The van der Waals surface area contributed by atoms with Crippen molar-refractivity contribution in [1.29, 1.82) is 0 Å². The molecule has 8 nitrogen and oxygen atoms in total. The summed E-state index contributed by atoms with van der Waals surface area (Å²) in [6, 6.07) is -1.46. The Balaban J connectivity index is 2.89. The number of urea groups is 1. The Morgan fingerprint density at radius 3 is 2.60 bits per heavy atom. The summed E-state index contributed by atoms with van der Waals surface area (Å²) in [5.41, 5.74) is 0. The summed E-state index contributed by atoms with van der Waals surface area (Å²) in [7, 11) is 1.48. The zero-order valence-corrected chi connectivity index (χ0v) is 12.0. The maximum atomic E-state index is 12.5. The summed E-state index contributed by atoms with van der Waals surface area (Å²) in [5, 5.41) is 11.4. The van der Waals surface area contributed by atoms with Crippen molar-refractivity contribution < 1.29 is 24.2 Å². The van der Waals surface area contributed by atoms with Crippen molar-refractivity contribution in [3.63, 3.8) is 0 Å². The van der Waals surface area contributed by atoms with E-state index in [9.17, 15) is 14.4 Å². The number of hydrogen-bond donors (Lipinski definition) is 2. The van der Waals surface area contributed by atoms with Gasteiger partial charge in [0, 0.05) is 19.6 Å². The Morgan fingerprint density at radius 2 is 2.10 bits per heavy atom. The third-order valence-corrected chi connectivity index (χ3v) is 3.10. The van der Waals surface area contributed by atoms with Crippen LogP contribution in [0.5, 0.6) is 0 Å². The number of nitrogens with one attached hydrogen (secondary N) is 1. The second-order valence-electron chi connectivity index (χ2n) is 4.80. The van der Waals surface area contributed by atoms with E-state index in [1.54, 1.807) is 13.8 Å². The molecule has 8 heteroatoms. The number of ether oxygens (including phenoxy) is 1. The average molecular weight is 287 g/mol. The molecule has 0 aliphatic carbocycles. The Hall–Kier alpha value is -1.83. The highest BCUT2D eigenvalue weighted by Crippen LogP contribution is 2.13. The molecule has 0 aromatic rings. The van der Waals surface area contributed by atoms with E-state index < -0.39 is 24.6 Å². The van der Waals surface area contributed by atoms with E-state index in [-0.39, 0.29) is 25.1 Å². The predicted octanol–water partition coefficient (Wildman–Crippen LogP) is -0.652. The number of carboxylic acids is 1. The first-order valence-electron chi connectivity index (χ1n) is 6.46. The zero-order chi connectivity index (χ0) is 15.3. The van der Waals surface area contributed by atoms with Crippen LogP contribution in [0.2, 0.25) is 0 Å². The Morgan fingerprint density at radius 1 is 1.45 bits per heavy atom. The number of rotatable bonds is 4. The smallest absolute Gasteiger partial charge is 0.323 e. The van der Waals surface area contributed by atoms with Crippen LogP contribution in [0.25, 0.3) is 0 Å². The van der Waals surface area contributed by atoms with E-state index in [1.807, 2.05) is 0 Å². The lowest BCUT2D eigenvalue weighted by Gasteiger charge is -2.38. The molecule has 0 spiro atoms. The third-order valence-electron chi connectivity index (χ3n) is 3.10. The highest BCUT2D eigenvalue weighted by molar-refractivity contribution is 5.88. The van der Waals surface area contributed by atoms with Crippen molar-refractivity contribution >= 4 is 17.9 Å². The molecular weight excluding hydrogens is 266 g/mol. The fourth-order valence-corrected chi connectivity index (χ4v) is 2.00. The van der Waals surface area contributed by atoms with Gasteiger partial charge in [-0.3, -0.25) is 9.59 Å². The summed E-state index contributed by atoms with van der Waals surface area (Å²) in [6.45, 7) is 3.78. The summed E-state index contributed by atoms with van der Waals surface area (Å²) in [4.78, 5) is 37.7. The predicted molar refractivity (Wildman–Crippen MR) is 70.3 cm³/mol. The number of carbonyl (C=O) groups is 3. The van der Waals surface area contributed by atoms with Crippen molar-refractivity contribution in [3.05, 3.63) is 0 Å². The van der Waals surface area contributed by atoms with Gasteiger partial charge in [-0.15, -0.1) is 0 Å². The molecule has 0 radical (unpaired) electrons. The molecule has 0 bridgehead atoms. The fraction of sp³-hybridized carbons (Fsp3) is 0.750. The number of carboxylic acid groups (broad SMARTS) is 1. The van der Waals surface area contributed by atoms with Crippen molar-refractivity contribution in [2.24, 2.45) is 0 Å². The maximum Gasteiger partial charge on any atom is 0.323 e. The minimum absolute atomic E-state index is 0.115. The van der Waals surface area contributed by atoms with Crippen LogP contribution in [0, 0.1) is 0 Å². The van der Waals surface area contributed by atoms with Gasteiger partial charge in [-0.2, -0.15) is 0 Å². The molecule has 3 amide bonds. The molecule has 114 valence electrons. The lowest BCUT2D eigenvalue weighted by molar-refractivity contribution is -0.138. The molecule has 1 aliphatic rings. The van der Waals surface area contributed by atoms with Gasteiger partial charge >= 0.3 is 12.0 Å². The number of hydrogen-bond acceptors (Lipinski definition) is 4. The average Bonchev–Trinajstić information content (AvgIpc) is 2.42. The normalized spacial score (nSPS) is 18.8. The second kappa shape index (κ2) is 7.09. The van der Waals surface area contributed by atoms with E-state index in [0.717, 1.165) is 0 Å². The first kappa shape index (κ1) is 16.2. The standard InChI is InChI=1S/C12H21N3O5/c1-8(2)15(6-10(16)17)12(19)14-4-5-20-7-9(14)11(18)13-3/h8-9H,4-7H2,1-3H3,(H,13,18)(H,16,17). The molecular formula is C12H21N3O5. The SMILES string of the molecule is CNC(=O)C1COCCN1C(=O)N(CC(=O)O)C(C)C. The van der Waals surface area contributed by atoms with Crippen LogP contribution in [0.4, 0.5) is 4.79 Å². The summed E-state index contributed by atoms with van der Waals surface area (Å²) in [5.74, 6) is -1.41. The monoisotopic (exact) mass is 287 g/mol. The van der Waals surface area contributed by atoms with Gasteiger partial charge in [-0.25, -0.2) is 4.79 Å². The third kappa shape index (κ3) is 3.83. The highest BCUT2D eigenvalue weighted by atomic mass is 16.5. The molecule has 1 aliphatic heterocycles. The van der Waals surface area contributed by atoms with Crippen molar-refractivity contribution in [1.82, 2.24) is 15.1 Å². The minimum Gasteiger partial charge on any atom is -0.480 e. The van der Waals surface area contributed by atoms with Crippen LogP contribution >= 0.6 is 0 Å². The largest absolute Gasteiger partial charge is 0.480 e. The zero-order valence-electron chi connectivity index (χ0n) is 12.0. The van der Waals surface area contributed by atoms with Gasteiger partial charge in [0.05, 0.1) is 13.2 Å². The molecule has 1 fully saturated rings. The van der Waals surface area contributed by atoms with Crippen molar-refractivity contribution in [2.75, 3.05) is 33.4 Å². The maximum absolute atomic E-state index is 12.5. The Kier molecular flexibility index (Phi) is 5.75. The molecule has 2 N–H and O–H groups in total.